The minimum Gasteiger partial charge on any atom is -0.316 e. The van der Waals surface area contributed by atoms with E-state index in [2.05, 4.69) is 58.8 Å². The lowest BCUT2D eigenvalue weighted by Crippen LogP contribution is -2.48. The van der Waals surface area contributed by atoms with Gasteiger partial charge in [0.05, 0.1) is 0 Å². The average molecular weight is 242 g/mol. The van der Waals surface area contributed by atoms with Crippen molar-refractivity contribution in [2.45, 2.75) is 66.3 Å². The third kappa shape index (κ3) is 5.87. The third-order valence-corrected chi connectivity index (χ3v) is 4.35. The second kappa shape index (κ2) is 7.38. The van der Waals surface area contributed by atoms with Crippen molar-refractivity contribution in [2.24, 2.45) is 5.41 Å². The molecule has 0 rings (SSSR count). The van der Waals surface area contributed by atoms with Crippen LogP contribution in [0.15, 0.2) is 0 Å². The second-order valence-corrected chi connectivity index (χ2v) is 6.36. The summed E-state index contributed by atoms with van der Waals surface area (Å²) < 4.78 is 0. The van der Waals surface area contributed by atoms with Gasteiger partial charge in [0.2, 0.25) is 0 Å². The Balaban J connectivity index is 4.36. The number of hydrogen-bond acceptors (Lipinski definition) is 2. The van der Waals surface area contributed by atoms with E-state index >= 15 is 0 Å². The highest BCUT2D eigenvalue weighted by Crippen LogP contribution is 2.26. The molecule has 2 heteroatoms. The zero-order valence-electron chi connectivity index (χ0n) is 13.2. The van der Waals surface area contributed by atoms with Crippen LogP contribution in [-0.4, -0.2) is 37.1 Å². The van der Waals surface area contributed by atoms with Crippen LogP contribution in [0.5, 0.6) is 0 Å². The summed E-state index contributed by atoms with van der Waals surface area (Å²) in [5, 5.41) is 3.57. The summed E-state index contributed by atoms with van der Waals surface area (Å²) in [6.45, 7) is 17.3. The number of hydrogen-bond donors (Lipinski definition) is 1. The van der Waals surface area contributed by atoms with E-state index in [1.807, 2.05) is 0 Å². The lowest BCUT2D eigenvalue weighted by atomic mass is 9.85. The molecule has 0 saturated carbocycles. The highest BCUT2D eigenvalue weighted by Gasteiger charge is 2.29. The minimum atomic E-state index is 0.307. The second-order valence-electron chi connectivity index (χ2n) is 6.36. The lowest BCUT2D eigenvalue weighted by Gasteiger charge is -2.41. The summed E-state index contributed by atoms with van der Waals surface area (Å²) >= 11 is 0. The number of nitrogens with zero attached hydrogens (tertiary/aromatic N) is 1. The van der Waals surface area contributed by atoms with Gasteiger partial charge in [0.1, 0.15) is 0 Å². The molecule has 0 aliphatic carbocycles. The van der Waals surface area contributed by atoms with Crippen molar-refractivity contribution >= 4 is 0 Å². The van der Waals surface area contributed by atoms with Crippen molar-refractivity contribution in [3.8, 4) is 0 Å². The first kappa shape index (κ1) is 16.9. The molecule has 0 aliphatic heterocycles. The summed E-state index contributed by atoms with van der Waals surface area (Å²) in [4.78, 5) is 2.52. The molecule has 104 valence electrons. The van der Waals surface area contributed by atoms with Crippen LogP contribution in [0.4, 0.5) is 0 Å². The van der Waals surface area contributed by atoms with E-state index < -0.39 is 0 Å². The van der Waals surface area contributed by atoms with Gasteiger partial charge in [-0.25, -0.2) is 0 Å². The molecule has 0 spiro atoms. The van der Waals surface area contributed by atoms with Crippen molar-refractivity contribution in [3.05, 3.63) is 0 Å². The Morgan fingerprint density at radius 2 is 1.59 bits per heavy atom. The van der Waals surface area contributed by atoms with E-state index in [4.69, 9.17) is 0 Å². The van der Waals surface area contributed by atoms with E-state index in [0.29, 0.717) is 11.0 Å². The van der Waals surface area contributed by atoms with Crippen LogP contribution in [-0.2, 0) is 0 Å². The standard InChI is InChI=1S/C15H34N2/c1-8-11-16-12-15(6,10-3)13-17(7)14(4,5)9-2/h16H,8-13H2,1-7H3. The summed E-state index contributed by atoms with van der Waals surface area (Å²) in [5.74, 6) is 0. The molecule has 1 atom stereocenters. The highest BCUT2D eigenvalue weighted by molar-refractivity contribution is 4.85. The van der Waals surface area contributed by atoms with E-state index in [0.717, 1.165) is 13.1 Å². The molecular weight excluding hydrogens is 208 g/mol. The van der Waals surface area contributed by atoms with Crippen LogP contribution in [0.25, 0.3) is 0 Å². The summed E-state index contributed by atoms with van der Waals surface area (Å²) in [5.41, 5.74) is 0.692. The number of rotatable bonds is 9. The third-order valence-electron chi connectivity index (χ3n) is 4.35. The molecule has 0 aromatic heterocycles. The van der Waals surface area contributed by atoms with Crippen molar-refractivity contribution < 1.29 is 0 Å². The largest absolute Gasteiger partial charge is 0.316 e. The van der Waals surface area contributed by atoms with Gasteiger partial charge < -0.3 is 10.2 Å². The monoisotopic (exact) mass is 242 g/mol. The van der Waals surface area contributed by atoms with Crippen LogP contribution >= 0.6 is 0 Å². The smallest absolute Gasteiger partial charge is 0.0147 e. The topological polar surface area (TPSA) is 15.3 Å². The van der Waals surface area contributed by atoms with Gasteiger partial charge >= 0.3 is 0 Å². The van der Waals surface area contributed by atoms with Crippen LogP contribution in [0.2, 0.25) is 0 Å². The van der Waals surface area contributed by atoms with E-state index in [-0.39, 0.29) is 0 Å². The quantitative estimate of drug-likeness (QED) is 0.622. The Morgan fingerprint density at radius 3 is 2.00 bits per heavy atom. The molecule has 0 aromatic rings. The minimum absolute atomic E-state index is 0.307. The summed E-state index contributed by atoms with van der Waals surface area (Å²) in [6, 6.07) is 0. The molecule has 1 N–H and O–H groups in total. The van der Waals surface area contributed by atoms with E-state index in [1.165, 1.54) is 25.8 Å². The van der Waals surface area contributed by atoms with E-state index in [1.54, 1.807) is 0 Å². The predicted molar refractivity (Wildman–Crippen MR) is 78.6 cm³/mol. The van der Waals surface area contributed by atoms with Crippen molar-refractivity contribution in [2.75, 3.05) is 26.7 Å². The molecule has 0 amide bonds. The molecule has 2 nitrogen and oxygen atoms in total. The SMILES string of the molecule is CCCNCC(C)(CC)CN(C)C(C)(C)CC. The fourth-order valence-electron chi connectivity index (χ4n) is 1.92. The molecule has 0 heterocycles. The van der Waals surface area contributed by atoms with Gasteiger partial charge in [-0.15, -0.1) is 0 Å². The van der Waals surface area contributed by atoms with Gasteiger partial charge in [0.25, 0.3) is 0 Å². The Kier molecular flexibility index (Phi) is 7.34. The zero-order chi connectivity index (χ0) is 13.5. The fourth-order valence-corrected chi connectivity index (χ4v) is 1.92. The fraction of sp³-hybridized carbons (Fsp3) is 1.00. The molecule has 0 aromatic carbocycles. The van der Waals surface area contributed by atoms with E-state index in [9.17, 15) is 0 Å². The molecule has 0 radical (unpaired) electrons. The van der Waals surface area contributed by atoms with Gasteiger partial charge in [-0.05, 0) is 52.1 Å². The molecule has 0 aliphatic rings. The number of nitrogens with one attached hydrogen (secondary N) is 1. The van der Waals surface area contributed by atoms with Crippen LogP contribution in [0.1, 0.15) is 60.8 Å². The molecule has 0 saturated heterocycles. The summed E-state index contributed by atoms with van der Waals surface area (Å²) in [6.07, 6.45) is 3.65. The normalized spacial score (nSPS) is 16.2. The Hall–Kier alpha value is -0.0800. The molecule has 1 unspecified atom stereocenters. The molecule has 0 bridgehead atoms. The average Bonchev–Trinajstić information content (AvgIpc) is 2.29. The van der Waals surface area contributed by atoms with Crippen molar-refractivity contribution in [1.29, 1.82) is 0 Å². The molecular formula is C15H34N2. The maximum atomic E-state index is 3.57. The maximum absolute atomic E-state index is 3.57. The van der Waals surface area contributed by atoms with Gasteiger partial charge in [0.15, 0.2) is 0 Å². The van der Waals surface area contributed by atoms with Crippen molar-refractivity contribution in [3.63, 3.8) is 0 Å². The highest BCUT2D eigenvalue weighted by atomic mass is 15.2. The summed E-state index contributed by atoms with van der Waals surface area (Å²) in [7, 11) is 2.26. The first-order valence-electron chi connectivity index (χ1n) is 7.23. The van der Waals surface area contributed by atoms with Crippen LogP contribution < -0.4 is 5.32 Å². The Labute approximate surface area is 109 Å². The maximum Gasteiger partial charge on any atom is 0.0147 e. The van der Waals surface area contributed by atoms with Crippen molar-refractivity contribution in [1.82, 2.24) is 10.2 Å². The van der Waals surface area contributed by atoms with Crippen LogP contribution in [0, 0.1) is 5.41 Å². The zero-order valence-corrected chi connectivity index (χ0v) is 13.2. The Bertz CT molecular complexity index is 201. The Morgan fingerprint density at radius 1 is 1.00 bits per heavy atom. The van der Waals surface area contributed by atoms with Gasteiger partial charge in [-0.2, -0.15) is 0 Å². The van der Waals surface area contributed by atoms with Gasteiger partial charge in [-0.1, -0.05) is 27.7 Å². The van der Waals surface area contributed by atoms with Crippen LogP contribution in [0.3, 0.4) is 0 Å². The predicted octanol–water partition coefficient (Wildman–Crippen LogP) is 3.52. The first-order valence-corrected chi connectivity index (χ1v) is 7.23. The lowest BCUT2D eigenvalue weighted by molar-refractivity contribution is 0.0869. The van der Waals surface area contributed by atoms with Gasteiger partial charge in [-0.3, -0.25) is 0 Å². The molecule has 17 heavy (non-hydrogen) atoms. The van der Waals surface area contributed by atoms with Gasteiger partial charge in [0, 0.05) is 18.6 Å². The molecule has 0 fully saturated rings. The first-order chi connectivity index (χ1) is 7.81.